The van der Waals surface area contributed by atoms with Crippen LogP contribution in [0.3, 0.4) is 0 Å². The van der Waals surface area contributed by atoms with Gasteiger partial charge in [-0.05, 0) is 12.0 Å². The maximum Gasteiger partial charge on any atom is 0.336 e. The molecule has 9 nitrogen and oxygen atoms in total. The van der Waals surface area contributed by atoms with E-state index in [9.17, 15) is 30.1 Å². The number of aliphatic hydroxyl groups excluding tert-OH is 1. The highest BCUT2D eigenvalue weighted by Crippen LogP contribution is 2.37. The van der Waals surface area contributed by atoms with Crippen molar-refractivity contribution < 1.29 is 24.9 Å². The molecule has 0 radical (unpaired) electrons. The number of nitrogens with zero attached hydrogens (tertiary/aromatic N) is 2. The number of aliphatic hydroxyl groups is 1. The Morgan fingerprint density at radius 2 is 1.48 bits per heavy atom. The fraction of sp³-hybridized carbons (Fsp3) is 0.381. The van der Waals surface area contributed by atoms with Crippen LogP contribution in [0.2, 0.25) is 18.6 Å². The number of nitro benzene ring substituents is 2. The van der Waals surface area contributed by atoms with Gasteiger partial charge in [0.1, 0.15) is 0 Å². The van der Waals surface area contributed by atoms with Gasteiger partial charge in [0.2, 0.25) is 0 Å². The molecule has 10 heteroatoms. The molecule has 0 amide bonds. The van der Waals surface area contributed by atoms with Gasteiger partial charge in [-0.15, -0.1) is 0 Å². The molecule has 2 aromatic carbocycles. The molecule has 2 aromatic rings. The van der Waals surface area contributed by atoms with Crippen molar-refractivity contribution in [3.63, 3.8) is 0 Å². The zero-order chi connectivity index (χ0) is 23.2. The SMILES string of the molecule is C[Si](C)(c1ccccc1)[C@@H]1CCCC[C@H]1O.O=C(O)c1cc([N+](=O)[O-])cc([N+](=O)[O-])c1. The standard InChI is InChI=1S/C14H22OSi.C7H4N2O6/c1-16(2,12-8-4-3-5-9-12)14-11-7-6-10-13(14)15;10-7(11)4-1-5(8(12)13)3-6(2-4)9(14)15/h3-5,8-9,13-15H,6-7,10-11H2,1-2H3;1-3H,(H,10,11)/t13-,14-;/m1./s1. The Morgan fingerprint density at radius 1 is 0.968 bits per heavy atom. The maximum absolute atomic E-state index is 10.5. The first kappa shape index (κ1) is 24.2. The van der Waals surface area contributed by atoms with Gasteiger partial charge in [0.25, 0.3) is 11.4 Å². The minimum Gasteiger partial charge on any atom is -0.478 e. The summed E-state index contributed by atoms with van der Waals surface area (Å²) in [5, 5.41) is 40.9. The van der Waals surface area contributed by atoms with Crippen molar-refractivity contribution in [2.45, 2.75) is 50.4 Å². The summed E-state index contributed by atoms with van der Waals surface area (Å²) in [7, 11) is -1.49. The van der Waals surface area contributed by atoms with Gasteiger partial charge in [-0.3, -0.25) is 20.2 Å². The van der Waals surface area contributed by atoms with Gasteiger partial charge in [0, 0.05) is 12.1 Å². The predicted octanol–water partition coefficient (Wildman–Crippen LogP) is 4.11. The first-order chi connectivity index (χ1) is 14.5. The minimum atomic E-state index is -1.49. The molecule has 0 saturated heterocycles. The van der Waals surface area contributed by atoms with E-state index in [2.05, 4.69) is 43.4 Å². The lowest BCUT2D eigenvalue weighted by molar-refractivity contribution is -0.394. The van der Waals surface area contributed by atoms with Crippen LogP contribution in [0, 0.1) is 20.2 Å². The Kier molecular flexibility index (Phi) is 8.00. The average Bonchev–Trinajstić information content (AvgIpc) is 2.74. The Hall–Kier alpha value is -3.11. The number of non-ortho nitro benzene ring substituents is 2. The molecule has 3 rings (SSSR count). The van der Waals surface area contributed by atoms with Gasteiger partial charge in [0.15, 0.2) is 0 Å². The van der Waals surface area contributed by atoms with E-state index in [1.54, 1.807) is 0 Å². The second kappa shape index (κ2) is 10.3. The van der Waals surface area contributed by atoms with E-state index >= 15 is 0 Å². The first-order valence-corrected chi connectivity index (χ1v) is 13.0. The van der Waals surface area contributed by atoms with Crippen molar-refractivity contribution in [1.29, 1.82) is 0 Å². The fourth-order valence-corrected chi connectivity index (χ4v) is 7.50. The minimum absolute atomic E-state index is 0.0596. The third-order valence-corrected chi connectivity index (χ3v) is 10.1. The molecule has 1 aliphatic carbocycles. The molecule has 1 aliphatic rings. The van der Waals surface area contributed by atoms with Crippen LogP contribution < -0.4 is 5.19 Å². The van der Waals surface area contributed by atoms with E-state index < -0.39 is 40.8 Å². The molecule has 1 fully saturated rings. The van der Waals surface area contributed by atoms with Gasteiger partial charge in [-0.2, -0.15) is 0 Å². The molecule has 0 heterocycles. The van der Waals surface area contributed by atoms with Crippen LogP contribution >= 0.6 is 0 Å². The molecule has 166 valence electrons. The van der Waals surface area contributed by atoms with Crippen LogP contribution in [0.4, 0.5) is 11.4 Å². The van der Waals surface area contributed by atoms with E-state index in [1.807, 2.05) is 0 Å². The summed E-state index contributed by atoms with van der Waals surface area (Å²) in [6, 6.07) is 13.0. The van der Waals surface area contributed by atoms with Gasteiger partial charge in [-0.25, -0.2) is 4.79 Å². The topological polar surface area (TPSA) is 144 Å². The smallest absolute Gasteiger partial charge is 0.336 e. The van der Waals surface area contributed by atoms with Crippen molar-refractivity contribution in [3.05, 3.63) is 74.3 Å². The van der Waals surface area contributed by atoms with Crippen molar-refractivity contribution in [2.75, 3.05) is 0 Å². The molecular weight excluding hydrogens is 420 g/mol. The van der Waals surface area contributed by atoms with E-state index in [-0.39, 0.29) is 6.10 Å². The summed E-state index contributed by atoms with van der Waals surface area (Å²) in [4.78, 5) is 29.4. The van der Waals surface area contributed by atoms with Gasteiger partial charge in [-0.1, -0.05) is 67.9 Å². The molecular formula is C21H26N2O7Si. The second-order valence-electron chi connectivity index (χ2n) is 8.10. The van der Waals surface area contributed by atoms with Crippen LogP contribution in [-0.2, 0) is 0 Å². The highest BCUT2D eigenvalue weighted by atomic mass is 28.3. The number of carboxylic acid groups (broad SMARTS) is 1. The summed E-state index contributed by atoms with van der Waals surface area (Å²) in [6.45, 7) is 4.81. The largest absolute Gasteiger partial charge is 0.478 e. The van der Waals surface area contributed by atoms with E-state index in [0.717, 1.165) is 18.6 Å². The van der Waals surface area contributed by atoms with E-state index in [1.165, 1.54) is 24.4 Å². The molecule has 0 aromatic heterocycles. The van der Waals surface area contributed by atoms with Crippen LogP contribution in [0.5, 0.6) is 0 Å². The Bertz CT molecular complexity index is 871. The highest BCUT2D eigenvalue weighted by molar-refractivity contribution is 6.91. The van der Waals surface area contributed by atoms with Gasteiger partial charge < -0.3 is 10.2 Å². The molecule has 0 spiro atoms. The number of nitro groups is 2. The average molecular weight is 447 g/mol. The molecule has 0 unspecified atom stereocenters. The normalized spacial score (nSPS) is 18.4. The first-order valence-electron chi connectivity index (χ1n) is 9.94. The van der Waals surface area contributed by atoms with E-state index in [0.29, 0.717) is 11.6 Å². The monoisotopic (exact) mass is 446 g/mol. The van der Waals surface area contributed by atoms with Crippen molar-refractivity contribution in [3.8, 4) is 0 Å². The van der Waals surface area contributed by atoms with Crippen molar-refractivity contribution in [1.82, 2.24) is 0 Å². The number of rotatable bonds is 5. The molecule has 31 heavy (non-hydrogen) atoms. The van der Waals surface area contributed by atoms with Gasteiger partial charge >= 0.3 is 5.97 Å². The molecule has 1 saturated carbocycles. The molecule has 2 atom stereocenters. The quantitative estimate of drug-likeness (QED) is 0.399. The lowest BCUT2D eigenvalue weighted by Gasteiger charge is -2.39. The summed E-state index contributed by atoms with van der Waals surface area (Å²) >= 11 is 0. The van der Waals surface area contributed by atoms with Crippen LogP contribution in [0.1, 0.15) is 36.0 Å². The lowest BCUT2D eigenvalue weighted by atomic mass is 9.97. The van der Waals surface area contributed by atoms with E-state index in [4.69, 9.17) is 5.11 Å². The molecule has 0 aliphatic heterocycles. The zero-order valence-corrected chi connectivity index (χ0v) is 18.4. The summed E-state index contributed by atoms with van der Waals surface area (Å²) in [5.41, 5.74) is -1.19. The highest BCUT2D eigenvalue weighted by Gasteiger charge is 2.39. The molecule has 0 bridgehead atoms. The lowest BCUT2D eigenvalue weighted by Crippen LogP contribution is -2.50. The molecule has 2 N–H and O–H groups in total. The van der Waals surface area contributed by atoms with Gasteiger partial charge in [0.05, 0.1) is 35.7 Å². The number of hydrogen-bond acceptors (Lipinski definition) is 6. The number of hydrogen-bond donors (Lipinski definition) is 2. The summed E-state index contributed by atoms with van der Waals surface area (Å²) < 4.78 is 0. The maximum atomic E-state index is 10.5. The Morgan fingerprint density at radius 3 is 1.94 bits per heavy atom. The fourth-order valence-electron chi connectivity index (χ4n) is 3.96. The Balaban J connectivity index is 0.000000221. The zero-order valence-electron chi connectivity index (χ0n) is 17.4. The summed E-state index contributed by atoms with van der Waals surface area (Å²) in [6.07, 6.45) is 4.67. The number of benzene rings is 2. The van der Waals surface area contributed by atoms with Crippen molar-refractivity contribution in [2.24, 2.45) is 0 Å². The predicted molar refractivity (Wildman–Crippen MR) is 118 cm³/mol. The number of carboxylic acids is 1. The third-order valence-electron chi connectivity index (χ3n) is 5.75. The van der Waals surface area contributed by atoms with Crippen molar-refractivity contribution >= 4 is 30.6 Å². The second-order valence-corrected chi connectivity index (χ2v) is 12.9. The van der Waals surface area contributed by atoms with Crippen LogP contribution in [0.15, 0.2) is 48.5 Å². The number of aromatic carboxylic acids is 1. The third kappa shape index (κ3) is 6.19. The summed E-state index contributed by atoms with van der Waals surface area (Å²) in [5.74, 6) is -1.46. The number of carbonyl (C=O) groups is 1. The Labute approximate surface area is 180 Å². The van der Waals surface area contributed by atoms with Crippen LogP contribution in [0.25, 0.3) is 0 Å². The van der Waals surface area contributed by atoms with Crippen LogP contribution in [-0.4, -0.2) is 40.2 Å².